The first-order valence-corrected chi connectivity index (χ1v) is 13.2. The van der Waals surface area contributed by atoms with Gasteiger partial charge in [0.05, 0.1) is 30.2 Å². The molecule has 0 aliphatic carbocycles. The first-order chi connectivity index (χ1) is 19.7. The van der Waals surface area contributed by atoms with Crippen molar-refractivity contribution >= 4 is 28.7 Å². The maximum Gasteiger partial charge on any atom is 0.410 e. The van der Waals surface area contributed by atoms with E-state index in [0.29, 0.717) is 30.4 Å². The van der Waals surface area contributed by atoms with Crippen molar-refractivity contribution in [3.05, 3.63) is 76.0 Å². The predicted molar refractivity (Wildman–Crippen MR) is 151 cm³/mol. The molecule has 3 heterocycles. The van der Waals surface area contributed by atoms with Crippen LogP contribution in [0.3, 0.4) is 0 Å². The highest BCUT2D eigenvalue weighted by atomic mass is 19.1. The van der Waals surface area contributed by atoms with Gasteiger partial charge < -0.3 is 30.0 Å². The Kier molecular flexibility index (Phi) is 7.64. The highest BCUT2D eigenvalue weighted by Crippen LogP contribution is 2.36. The molecule has 1 atom stereocenters. The van der Waals surface area contributed by atoms with E-state index >= 15 is 0 Å². The quantitative estimate of drug-likeness (QED) is 0.310. The maximum atomic E-state index is 13.7. The van der Waals surface area contributed by atoms with Crippen LogP contribution in [0.15, 0.2) is 53.5 Å². The van der Waals surface area contributed by atoms with E-state index in [9.17, 15) is 18.8 Å². The lowest BCUT2D eigenvalue weighted by atomic mass is 10.0. The number of methoxy groups -OCH3 is 1. The van der Waals surface area contributed by atoms with Crippen LogP contribution in [0.25, 0.3) is 22.0 Å². The second kappa shape index (κ2) is 11.3. The van der Waals surface area contributed by atoms with Crippen LogP contribution in [0, 0.1) is 5.82 Å². The molecule has 0 saturated carbocycles. The number of carbonyl (C=O) groups is 2. The van der Waals surface area contributed by atoms with Gasteiger partial charge in [0.15, 0.2) is 5.82 Å². The number of amides is 2. The van der Waals surface area contributed by atoms with Gasteiger partial charge in [0.25, 0.3) is 11.5 Å². The number of fused-ring (bicyclic) bond motifs is 1. The van der Waals surface area contributed by atoms with Crippen molar-refractivity contribution in [2.24, 2.45) is 0 Å². The smallest absolute Gasteiger partial charge is 0.410 e. The van der Waals surface area contributed by atoms with Gasteiger partial charge in [0.1, 0.15) is 17.1 Å². The van der Waals surface area contributed by atoms with Gasteiger partial charge in [0.2, 0.25) is 0 Å². The molecule has 2 amide bonds. The molecule has 0 spiro atoms. The Morgan fingerprint density at radius 3 is 2.68 bits per heavy atom. The number of benzene rings is 2. The number of aromatic nitrogens is 3. The first kappa shape index (κ1) is 27.7. The Bertz CT molecular complexity index is 1660. The van der Waals surface area contributed by atoms with Gasteiger partial charge in [0, 0.05) is 31.4 Å². The number of halogens is 1. The number of hydrogen-bond donors (Lipinski definition) is 3. The fourth-order valence-corrected chi connectivity index (χ4v) is 5.09. The molecule has 4 N–H and O–H groups in total. The fourth-order valence-electron chi connectivity index (χ4n) is 5.09. The molecule has 1 saturated heterocycles. The monoisotopic (exact) mass is 562 g/mol. The Balaban J connectivity index is 1.39. The number of nitrogens with zero attached hydrogens (tertiary/aromatic N) is 3. The standard InChI is InChI=1S/C29H31FN6O5/c1-16(2)41-29(39)35-11-10-20(14-35)36-15-22(24-25(36)28(38)34-33-26(24)31)18-6-4-17(5-7-18)13-32-27(37)21-12-19(30)8-9-23(21)40-3/h4-9,12,15-16,20H,10-11,13-14H2,1-3H3,(H2,31,33)(H,32,37)(H,34,38)/t20-/m1/s1. The van der Waals surface area contributed by atoms with Crippen LogP contribution in [0.5, 0.6) is 5.75 Å². The minimum atomic E-state index is -0.534. The minimum Gasteiger partial charge on any atom is -0.496 e. The van der Waals surface area contributed by atoms with Crippen LogP contribution in [0.1, 0.15) is 42.2 Å². The second-order valence-corrected chi connectivity index (χ2v) is 10.2. The van der Waals surface area contributed by atoms with Gasteiger partial charge in [-0.1, -0.05) is 24.3 Å². The number of nitrogens with one attached hydrogen (secondary N) is 2. The summed E-state index contributed by atoms with van der Waals surface area (Å²) in [6.07, 6.45) is 1.90. The summed E-state index contributed by atoms with van der Waals surface area (Å²) in [7, 11) is 1.42. The van der Waals surface area contributed by atoms with Gasteiger partial charge in [-0.25, -0.2) is 14.3 Å². The molecule has 4 aromatic rings. The van der Waals surface area contributed by atoms with E-state index < -0.39 is 11.7 Å². The molecular formula is C29H31FN6O5. The normalized spacial score (nSPS) is 15.0. The van der Waals surface area contributed by atoms with E-state index in [0.717, 1.165) is 22.8 Å². The van der Waals surface area contributed by atoms with Crippen molar-refractivity contribution in [1.82, 2.24) is 25.0 Å². The third-order valence-corrected chi connectivity index (χ3v) is 7.06. The van der Waals surface area contributed by atoms with Crippen molar-refractivity contribution in [3.63, 3.8) is 0 Å². The Labute approximate surface area is 235 Å². The van der Waals surface area contributed by atoms with Crippen LogP contribution < -0.4 is 21.3 Å². The predicted octanol–water partition coefficient (Wildman–Crippen LogP) is 3.84. The lowest BCUT2D eigenvalue weighted by Gasteiger charge is -2.18. The van der Waals surface area contributed by atoms with Crippen LogP contribution in [0.4, 0.5) is 15.0 Å². The van der Waals surface area contributed by atoms with Crippen LogP contribution >= 0.6 is 0 Å². The lowest BCUT2D eigenvalue weighted by Crippen LogP contribution is -2.31. The van der Waals surface area contributed by atoms with Crippen LogP contribution in [-0.2, 0) is 11.3 Å². The Morgan fingerprint density at radius 2 is 1.98 bits per heavy atom. The largest absolute Gasteiger partial charge is 0.496 e. The molecule has 1 aliphatic rings. The Morgan fingerprint density at radius 1 is 1.22 bits per heavy atom. The van der Waals surface area contributed by atoms with E-state index in [4.69, 9.17) is 15.2 Å². The summed E-state index contributed by atoms with van der Waals surface area (Å²) in [4.78, 5) is 39.7. The summed E-state index contributed by atoms with van der Waals surface area (Å²) >= 11 is 0. The maximum absolute atomic E-state index is 13.7. The molecule has 5 rings (SSSR count). The number of H-pyrrole nitrogens is 1. The number of likely N-dealkylation sites (tertiary alicyclic amines) is 1. The van der Waals surface area contributed by atoms with Crippen molar-refractivity contribution < 1.29 is 23.5 Å². The topological polar surface area (TPSA) is 145 Å². The summed E-state index contributed by atoms with van der Waals surface area (Å²) in [5, 5.41) is 9.75. The number of hydrogen-bond acceptors (Lipinski definition) is 7. The summed E-state index contributed by atoms with van der Waals surface area (Å²) < 4.78 is 26.1. The Hall–Kier alpha value is -4.87. The van der Waals surface area contributed by atoms with Gasteiger partial charge >= 0.3 is 6.09 Å². The number of aromatic amines is 1. The van der Waals surface area contributed by atoms with Crippen molar-refractivity contribution in [2.45, 2.75) is 39.0 Å². The number of ether oxygens (including phenoxy) is 2. The average Bonchev–Trinajstić information content (AvgIpc) is 3.60. The van der Waals surface area contributed by atoms with Crippen molar-refractivity contribution in [3.8, 4) is 16.9 Å². The molecule has 0 bridgehead atoms. The van der Waals surface area contributed by atoms with Gasteiger partial charge in [-0.05, 0) is 49.6 Å². The molecule has 41 heavy (non-hydrogen) atoms. The van der Waals surface area contributed by atoms with E-state index in [-0.39, 0.29) is 47.5 Å². The number of carbonyl (C=O) groups excluding carboxylic acids is 2. The molecule has 12 heteroatoms. The molecule has 0 unspecified atom stereocenters. The zero-order chi connectivity index (χ0) is 29.3. The van der Waals surface area contributed by atoms with E-state index in [1.807, 2.05) is 35.0 Å². The van der Waals surface area contributed by atoms with Gasteiger partial charge in [-0.3, -0.25) is 9.59 Å². The number of rotatable bonds is 7. The molecule has 0 radical (unpaired) electrons. The minimum absolute atomic E-state index is 0.105. The summed E-state index contributed by atoms with van der Waals surface area (Å²) in [5.74, 6) is -0.538. The number of nitrogen functional groups attached to an aromatic ring is 1. The zero-order valence-corrected chi connectivity index (χ0v) is 22.9. The third-order valence-electron chi connectivity index (χ3n) is 7.06. The fraction of sp³-hybridized carbons (Fsp3) is 0.310. The highest BCUT2D eigenvalue weighted by molar-refractivity contribution is 6.02. The second-order valence-electron chi connectivity index (χ2n) is 10.2. The van der Waals surface area contributed by atoms with Crippen LogP contribution in [-0.4, -0.2) is 58.0 Å². The van der Waals surface area contributed by atoms with Crippen molar-refractivity contribution in [2.75, 3.05) is 25.9 Å². The van der Waals surface area contributed by atoms with E-state index in [1.165, 1.54) is 19.2 Å². The lowest BCUT2D eigenvalue weighted by molar-refractivity contribution is 0.0827. The number of anilines is 1. The first-order valence-electron chi connectivity index (χ1n) is 13.2. The summed E-state index contributed by atoms with van der Waals surface area (Å²) in [6.45, 7) is 4.70. The zero-order valence-electron chi connectivity index (χ0n) is 22.9. The molecule has 2 aromatic carbocycles. The van der Waals surface area contributed by atoms with E-state index in [2.05, 4.69) is 15.5 Å². The summed E-state index contributed by atoms with van der Waals surface area (Å²) in [6, 6.07) is 11.0. The molecule has 214 valence electrons. The van der Waals surface area contributed by atoms with Gasteiger partial charge in [-0.2, -0.15) is 5.10 Å². The SMILES string of the molecule is COc1ccc(F)cc1C(=O)NCc1ccc(-c2cn([C@@H]3CCN(C(=O)OC(C)C)C3)c3c(=O)[nH]nc(N)c23)cc1. The average molecular weight is 563 g/mol. The molecular weight excluding hydrogens is 531 g/mol. The van der Waals surface area contributed by atoms with E-state index in [1.54, 1.807) is 18.7 Å². The van der Waals surface area contributed by atoms with Gasteiger partial charge in [-0.15, -0.1) is 0 Å². The molecule has 11 nitrogen and oxygen atoms in total. The molecule has 2 aromatic heterocycles. The van der Waals surface area contributed by atoms with Crippen molar-refractivity contribution in [1.29, 1.82) is 0 Å². The number of nitrogens with two attached hydrogens (primary N) is 1. The summed E-state index contributed by atoms with van der Waals surface area (Å²) in [5.41, 5.74) is 8.68. The van der Waals surface area contributed by atoms with Crippen LogP contribution in [0.2, 0.25) is 0 Å². The molecule has 1 fully saturated rings. The highest BCUT2D eigenvalue weighted by Gasteiger charge is 2.31. The molecule has 1 aliphatic heterocycles. The third kappa shape index (κ3) is 5.58.